The van der Waals surface area contributed by atoms with E-state index in [1.54, 1.807) is 0 Å². The van der Waals surface area contributed by atoms with Gasteiger partial charge in [-0.1, -0.05) is 40.5 Å². The minimum atomic E-state index is 0.925. The van der Waals surface area contributed by atoms with Crippen molar-refractivity contribution in [1.29, 1.82) is 0 Å². The van der Waals surface area contributed by atoms with Crippen LogP contribution in [0.5, 0.6) is 0 Å². The van der Waals surface area contributed by atoms with Crippen molar-refractivity contribution < 1.29 is 0 Å². The van der Waals surface area contributed by atoms with Crippen LogP contribution in [0.25, 0.3) is 0 Å². The molecule has 1 heterocycles. The fraction of sp³-hybridized carbons (Fsp3) is 0.667. The van der Waals surface area contributed by atoms with E-state index in [1.165, 1.54) is 61.9 Å². The summed E-state index contributed by atoms with van der Waals surface area (Å²) in [4.78, 5) is 5.42. The van der Waals surface area contributed by atoms with Gasteiger partial charge in [0.15, 0.2) is 0 Å². The second-order valence-corrected chi connectivity index (χ2v) is 8.00. The van der Waals surface area contributed by atoms with Crippen LogP contribution in [0.3, 0.4) is 0 Å². The first-order chi connectivity index (χ1) is 10.3. The number of hydrogen-bond acceptors (Lipinski definition) is 2. The zero-order chi connectivity index (χ0) is 14.2. The maximum absolute atomic E-state index is 3.67. The second-order valence-electron chi connectivity index (χ2n) is 7.15. The van der Waals surface area contributed by atoms with E-state index in [-0.39, 0.29) is 0 Å². The van der Waals surface area contributed by atoms with Crippen molar-refractivity contribution in [2.45, 2.75) is 38.3 Å². The topological polar surface area (TPSA) is 6.48 Å². The Hall–Kier alpha value is -0.380. The molecular formula is C18H25BrN2. The highest BCUT2D eigenvalue weighted by molar-refractivity contribution is 9.10. The highest BCUT2D eigenvalue weighted by Gasteiger charge is 2.42. The monoisotopic (exact) mass is 348 g/mol. The molecule has 4 rings (SSSR count). The fourth-order valence-electron chi connectivity index (χ4n) is 4.78. The van der Waals surface area contributed by atoms with E-state index in [9.17, 15) is 0 Å². The van der Waals surface area contributed by atoms with Crippen molar-refractivity contribution in [1.82, 2.24) is 9.80 Å². The molecular weight excluding hydrogens is 324 g/mol. The van der Waals surface area contributed by atoms with E-state index in [1.807, 2.05) is 0 Å². The molecule has 0 spiro atoms. The molecule has 114 valence electrons. The average molecular weight is 349 g/mol. The summed E-state index contributed by atoms with van der Waals surface area (Å²) in [5, 5.41) is 0. The largest absolute Gasteiger partial charge is 0.298 e. The van der Waals surface area contributed by atoms with E-state index in [0.29, 0.717) is 0 Å². The first kappa shape index (κ1) is 14.2. The summed E-state index contributed by atoms with van der Waals surface area (Å²) in [6.45, 7) is 6.10. The van der Waals surface area contributed by atoms with Crippen molar-refractivity contribution in [2.75, 3.05) is 26.2 Å². The average Bonchev–Trinajstić information content (AvgIpc) is 3.13. The Morgan fingerprint density at radius 3 is 2.48 bits per heavy atom. The summed E-state index contributed by atoms with van der Waals surface area (Å²) in [6, 6.07) is 9.56. The molecule has 3 atom stereocenters. The van der Waals surface area contributed by atoms with Crippen molar-refractivity contribution in [3.8, 4) is 0 Å². The van der Waals surface area contributed by atoms with Crippen molar-refractivity contribution in [2.24, 2.45) is 11.8 Å². The Morgan fingerprint density at radius 2 is 1.81 bits per heavy atom. The van der Waals surface area contributed by atoms with Gasteiger partial charge in [0, 0.05) is 43.2 Å². The Kier molecular flexibility index (Phi) is 4.08. The number of fused-ring (bicyclic) bond motifs is 2. The molecule has 3 aliphatic rings. The Balaban J connectivity index is 1.32. The molecule has 1 aromatic carbocycles. The maximum atomic E-state index is 3.67. The van der Waals surface area contributed by atoms with E-state index in [2.05, 4.69) is 50.0 Å². The van der Waals surface area contributed by atoms with Crippen LogP contribution in [0.1, 0.15) is 31.2 Å². The number of benzene rings is 1. The quantitative estimate of drug-likeness (QED) is 0.820. The van der Waals surface area contributed by atoms with Gasteiger partial charge in [-0.15, -0.1) is 0 Å². The van der Waals surface area contributed by atoms with Crippen molar-refractivity contribution in [3.63, 3.8) is 0 Å². The van der Waals surface area contributed by atoms with Crippen molar-refractivity contribution >= 4 is 15.9 Å². The van der Waals surface area contributed by atoms with Gasteiger partial charge in [-0.05, 0) is 42.7 Å². The first-order valence-electron chi connectivity index (χ1n) is 8.49. The predicted molar refractivity (Wildman–Crippen MR) is 90.2 cm³/mol. The number of hydrogen-bond donors (Lipinski definition) is 0. The maximum Gasteiger partial charge on any atom is 0.0246 e. The third-order valence-corrected chi connectivity index (χ3v) is 6.70. The van der Waals surface area contributed by atoms with Crippen molar-refractivity contribution in [3.05, 3.63) is 34.3 Å². The molecule has 3 fully saturated rings. The summed E-state index contributed by atoms with van der Waals surface area (Å²) in [5.74, 6) is 2.10. The van der Waals surface area contributed by atoms with E-state index in [0.717, 1.165) is 24.4 Å². The van der Waals surface area contributed by atoms with Gasteiger partial charge in [0.05, 0.1) is 0 Å². The minimum absolute atomic E-state index is 0.925. The van der Waals surface area contributed by atoms with Gasteiger partial charge in [-0.25, -0.2) is 0 Å². The molecule has 0 radical (unpaired) electrons. The smallest absolute Gasteiger partial charge is 0.0246 e. The van der Waals surface area contributed by atoms with Gasteiger partial charge in [0.2, 0.25) is 0 Å². The molecule has 2 aliphatic carbocycles. The standard InChI is InChI=1S/C18H25BrN2/c19-17-4-2-1-3-16(17)13-20-7-9-21(10-8-20)18-12-14-5-6-15(18)11-14/h1-4,14-15,18H,5-13H2/t14-,15+,18-/m0/s1. The molecule has 0 aromatic heterocycles. The van der Waals surface area contributed by atoms with Gasteiger partial charge in [0.1, 0.15) is 0 Å². The summed E-state index contributed by atoms with van der Waals surface area (Å²) < 4.78 is 1.25. The lowest BCUT2D eigenvalue weighted by Crippen LogP contribution is -2.51. The van der Waals surface area contributed by atoms with Gasteiger partial charge in [0.25, 0.3) is 0 Å². The van der Waals surface area contributed by atoms with Gasteiger partial charge in [-0.2, -0.15) is 0 Å². The summed E-state index contributed by atoms with van der Waals surface area (Å²) in [5.41, 5.74) is 1.42. The van der Waals surface area contributed by atoms with Crippen LogP contribution in [0.4, 0.5) is 0 Å². The van der Waals surface area contributed by atoms with Gasteiger partial charge in [-0.3, -0.25) is 9.80 Å². The SMILES string of the molecule is Brc1ccccc1CN1CCN([C@H]2C[C@H]3CC[C@@H]2C3)CC1. The lowest BCUT2D eigenvalue weighted by atomic mass is 9.93. The molecule has 1 aliphatic heterocycles. The molecule has 0 N–H and O–H groups in total. The lowest BCUT2D eigenvalue weighted by Gasteiger charge is -2.41. The Bertz CT molecular complexity index is 496. The number of piperazine rings is 1. The van der Waals surface area contributed by atoms with Crippen LogP contribution < -0.4 is 0 Å². The first-order valence-corrected chi connectivity index (χ1v) is 9.29. The van der Waals surface area contributed by atoms with E-state index < -0.39 is 0 Å². The molecule has 3 heteroatoms. The Labute approximate surface area is 136 Å². The lowest BCUT2D eigenvalue weighted by molar-refractivity contribution is 0.0679. The molecule has 1 aromatic rings. The van der Waals surface area contributed by atoms with E-state index in [4.69, 9.17) is 0 Å². The number of rotatable bonds is 3. The van der Waals surface area contributed by atoms with E-state index >= 15 is 0 Å². The summed E-state index contributed by atoms with van der Waals surface area (Å²) >= 11 is 3.67. The third-order valence-electron chi connectivity index (χ3n) is 5.93. The van der Waals surface area contributed by atoms with Crippen LogP contribution in [0.2, 0.25) is 0 Å². The van der Waals surface area contributed by atoms with Crippen LogP contribution >= 0.6 is 15.9 Å². The molecule has 0 unspecified atom stereocenters. The predicted octanol–water partition coefficient (Wildman–Crippen LogP) is 3.76. The minimum Gasteiger partial charge on any atom is -0.298 e. The Morgan fingerprint density at radius 1 is 1.00 bits per heavy atom. The highest BCUT2D eigenvalue weighted by Crippen LogP contribution is 2.46. The zero-order valence-corrected chi connectivity index (χ0v) is 14.3. The summed E-state index contributed by atoms with van der Waals surface area (Å²) in [6.07, 6.45) is 6.05. The third kappa shape index (κ3) is 2.93. The number of halogens is 1. The highest BCUT2D eigenvalue weighted by atomic mass is 79.9. The zero-order valence-electron chi connectivity index (χ0n) is 12.7. The normalized spacial score (nSPS) is 33.7. The second kappa shape index (κ2) is 6.02. The van der Waals surface area contributed by atoms with Crippen LogP contribution in [0, 0.1) is 11.8 Å². The molecule has 21 heavy (non-hydrogen) atoms. The van der Waals surface area contributed by atoms with Crippen LogP contribution in [0.15, 0.2) is 28.7 Å². The fourth-order valence-corrected chi connectivity index (χ4v) is 5.19. The summed E-state index contributed by atoms with van der Waals surface area (Å²) in [7, 11) is 0. The van der Waals surface area contributed by atoms with Crippen LogP contribution in [-0.4, -0.2) is 42.0 Å². The molecule has 2 saturated carbocycles. The molecule has 2 nitrogen and oxygen atoms in total. The van der Waals surface area contributed by atoms with Gasteiger partial charge >= 0.3 is 0 Å². The molecule has 0 amide bonds. The number of nitrogens with zero attached hydrogens (tertiary/aromatic N) is 2. The molecule has 1 saturated heterocycles. The van der Waals surface area contributed by atoms with Gasteiger partial charge < -0.3 is 0 Å². The van der Waals surface area contributed by atoms with Crippen LogP contribution in [-0.2, 0) is 6.54 Å². The molecule has 2 bridgehead atoms.